The summed E-state index contributed by atoms with van der Waals surface area (Å²) in [6.45, 7) is 9.79. The van der Waals surface area contributed by atoms with E-state index in [9.17, 15) is 0 Å². The van der Waals surface area contributed by atoms with Crippen LogP contribution in [0.4, 0.5) is 5.69 Å². The van der Waals surface area contributed by atoms with Gasteiger partial charge in [0.25, 0.3) is 0 Å². The molecule has 0 amide bonds. The largest absolute Gasteiger partial charge is 0.357 e. The molecule has 0 radical (unpaired) electrons. The van der Waals surface area contributed by atoms with E-state index in [2.05, 4.69) is 43.1 Å². The Bertz CT molecular complexity index is 315. The van der Waals surface area contributed by atoms with Gasteiger partial charge < -0.3 is 4.90 Å². The molecule has 1 saturated heterocycles. The molecule has 0 atom stereocenters. The van der Waals surface area contributed by atoms with Crippen molar-refractivity contribution < 1.29 is 0 Å². The first kappa shape index (κ1) is 9.53. The van der Waals surface area contributed by atoms with E-state index in [1.807, 2.05) is 0 Å². The zero-order valence-corrected chi connectivity index (χ0v) is 9.22. The van der Waals surface area contributed by atoms with Crippen LogP contribution in [0.3, 0.4) is 0 Å². The van der Waals surface area contributed by atoms with Gasteiger partial charge in [-0.25, -0.2) is 0 Å². The standard InChI is InChI=1S/C12H18N2/c1-9-6-10(2)12(11(3)7-9)14-5-4-13-8-14/h6-7,13H,4-5,8H2,1-3H3. The molecule has 1 fully saturated rings. The quantitative estimate of drug-likeness (QED) is 0.728. The van der Waals surface area contributed by atoms with E-state index in [1.165, 1.54) is 22.4 Å². The maximum Gasteiger partial charge on any atom is 0.0683 e. The van der Waals surface area contributed by atoms with Crippen LogP contribution in [-0.4, -0.2) is 19.8 Å². The zero-order valence-electron chi connectivity index (χ0n) is 9.22. The van der Waals surface area contributed by atoms with E-state index in [-0.39, 0.29) is 0 Å². The minimum absolute atomic E-state index is 0.991. The second kappa shape index (κ2) is 3.62. The zero-order chi connectivity index (χ0) is 10.1. The number of rotatable bonds is 1. The van der Waals surface area contributed by atoms with Gasteiger partial charge in [0.15, 0.2) is 0 Å². The summed E-state index contributed by atoms with van der Waals surface area (Å²) in [7, 11) is 0. The molecule has 0 unspecified atom stereocenters. The van der Waals surface area contributed by atoms with Crippen molar-refractivity contribution in [2.45, 2.75) is 20.8 Å². The molecular formula is C12H18N2. The van der Waals surface area contributed by atoms with E-state index in [0.717, 1.165) is 19.8 Å². The van der Waals surface area contributed by atoms with Crippen LogP contribution in [0.15, 0.2) is 12.1 Å². The summed E-state index contributed by atoms with van der Waals surface area (Å²) in [5.74, 6) is 0. The molecule has 0 spiro atoms. The topological polar surface area (TPSA) is 15.3 Å². The molecule has 2 nitrogen and oxygen atoms in total. The molecule has 1 aliphatic heterocycles. The van der Waals surface area contributed by atoms with Gasteiger partial charge in [0, 0.05) is 18.8 Å². The Morgan fingerprint density at radius 1 is 1.14 bits per heavy atom. The average Bonchev–Trinajstić information content (AvgIpc) is 2.54. The monoisotopic (exact) mass is 190 g/mol. The number of hydrogen-bond acceptors (Lipinski definition) is 2. The third-order valence-electron chi connectivity index (χ3n) is 2.81. The molecule has 1 N–H and O–H groups in total. The van der Waals surface area contributed by atoms with Crippen molar-refractivity contribution in [3.05, 3.63) is 28.8 Å². The van der Waals surface area contributed by atoms with Crippen molar-refractivity contribution in [3.8, 4) is 0 Å². The molecule has 1 aromatic rings. The minimum atomic E-state index is 0.991. The molecule has 2 heteroatoms. The van der Waals surface area contributed by atoms with Crippen molar-refractivity contribution >= 4 is 5.69 Å². The molecule has 1 aliphatic rings. The SMILES string of the molecule is Cc1cc(C)c(N2CCNC2)c(C)c1. The van der Waals surface area contributed by atoms with Crippen molar-refractivity contribution in [2.24, 2.45) is 0 Å². The predicted molar refractivity (Wildman–Crippen MR) is 60.9 cm³/mol. The lowest BCUT2D eigenvalue weighted by Gasteiger charge is -2.22. The summed E-state index contributed by atoms with van der Waals surface area (Å²) in [4.78, 5) is 2.42. The van der Waals surface area contributed by atoms with Gasteiger partial charge in [-0.2, -0.15) is 0 Å². The lowest BCUT2D eigenvalue weighted by molar-refractivity contribution is 0.852. The summed E-state index contributed by atoms with van der Waals surface area (Å²) < 4.78 is 0. The summed E-state index contributed by atoms with van der Waals surface area (Å²) in [6, 6.07) is 4.53. The molecule has 0 aliphatic carbocycles. The van der Waals surface area contributed by atoms with Crippen LogP contribution >= 0.6 is 0 Å². The second-order valence-electron chi connectivity index (χ2n) is 4.17. The number of hydrogen-bond donors (Lipinski definition) is 1. The lowest BCUT2D eigenvalue weighted by Crippen LogP contribution is -2.22. The fourth-order valence-electron chi connectivity index (χ4n) is 2.37. The second-order valence-corrected chi connectivity index (χ2v) is 4.17. The van der Waals surface area contributed by atoms with E-state index >= 15 is 0 Å². The van der Waals surface area contributed by atoms with Crippen LogP contribution in [-0.2, 0) is 0 Å². The highest BCUT2D eigenvalue weighted by molar-refractivity contribution is 5.60. The predicted octanol–water partition coefficient (Wildman–Crippen LogP) is 1.98. The number of anilines is 1. The third-order valence-corrected chi connectivity index (χ3v) is 2.81. The van der Waals surface area contributed by atoms with Crippen LogP contribution in [0, 0.1) is 20.8 Å². The maximum absolute atomic E-state index is 3.37. The summed E-state index contributed by atoms with van der Waals surface area (Å²) in [6.07, 6.45) is 0. The Balaban J connectivity index is 2.40. The first-order chi connectivity index (χ1) is 6.68. The summed E-state index contributed by atoms with van der Waals surface area (Å²) >= 11 is 0. The Labute approximate surface area is 85.9 Å². The van der Waals surface area contributed by atoms with Crippen LogP contribution in [0.2, 0.25) is 0 Å². The van der Waals surface area contributed by atoms with Crippen LogP contribution < -0.4 is 10.2 Å². The van der Waals surface area contributed by atoms with Gasteiger partial charge in [-0.3, -0.25) is 5.32 Å². The molecule has 0 saturated carbocycles. The maximum atomic E-state index is 3.37. The average molecular weight is 190 g/mol. The van der Waals surface area contributed by atoms with Gasteiger partial charge in [-0.15, -0.1) is 0 Å². The van der Waals surface area contributed by atoms with Gasteiger partial charge in [0.1, 0.15) is 0 Å². The number of nitrogens with zero attached hydrogens (tertiary/aromatic N) is 1. The smallest absolute Gasteiger partial charge is 0.0683 e. The van der Waals surface area contributed by atoms with Crippen LogP contribution in [0.1, 0.15) is 16.7 Å². The number of aryl methyl sites for hydroxylation is 3. The lowest BCUT2D eigenvalue weighted by atomic mass is 10.0. The Morgan fingerprint density at radius 3 is 2.29 bits per heavy atom. The molecular weight excluding hydrogens is 172 g/mol. The van der Waals surface area contributed by atoms with Crippen molar-refractivity contribution in [1.82, 2.24) is 5.32 Å². The van der Waals surface area contributed by atoms with Crippen molar-refractivity contribution in [2.75, 3.05) is 24.7 Å². The van der Waals surface area contributed by atoms with Gasteiger partial charge in [-0.1, -0.05) is 17.7 Å². The molecule has 1 aromatic carbocycles. The number of benzene rings is 1. The molecule has 2 rings (SSSR count). The highest BCUT2D eigenvalue weighted by atomic mass is 15.3. The van der Waals surface area contributed by atoms with E-state index in [1.54, 1.807) is 0 Å². The van der Waals surface area contributed by atoms with Crippen molar-refractivity contribution in [1.29, 1.82) is 0 Å². The third kappa shape index (κ3) is 1.62. The summed E-state index contributed by atoms with van der Waals surface area (Å²) in [5.41, 5.74) is 5.56. The fraction of sp³-hybridized carbons (Fsp3) is 0.500. The van der Waals surface area contributed by atoms with Gasteiger partial charge in [-0.05, 0) is 31.9 Å². The first-order valence-electron chi connectivity index (χ1n) is 5.22. The van der Waals surface area contributed by atoms with E-state index in [0.29, 0.717) is 0 Å². The van der Waals surface area contributed by atoms with Crippen molar-refractivity contribution in [3.63, 3.8) is 0 Å². The molecule has 14 heavy (non-hydrogen) atoms. The highest BCUT2D eigenvalue weighted by Gasteiger charge is 2.15. The van der Waals surface area contributed by atoms with E-state index < -0.39 is 0 Å². The molecule has 0 bridgehead atoms. The van der Waals surface area contributed by atoms with E-state index in [4.69, 9.17) is 0 Å². The van der Waals surface area contributed by atoms with Gasteiger partial charge in [0.05, 0.1) is 6.67 Å². The Kier molecular flexibility index (Phi) is 2.46. The normalized spacial score (nSPS) is 16.4. The number of nitrogens with one attached hydrogen (secondary N) is 1. The summed E-state index contributed by atoms with van der Waals surface area (Å²) in [5, 5.41) is 3.37. The van der Waals surface area contributed by atoms with Gasteiger partial charge in [0.2, 0.25) is 0 Å². The van der Waals surface area contributed by atoms with Crippen LogP contribution in [0.25, 0.3) is 0 Å². The fourth-order valence-corrected chi connectivity index (χ4v) is 2.37. The Hall–Kier alpha value is -1.02. The minimum Gasteiger partial charge on any atom is -0.357 e. The molecule has 0 aromatic heterocycles. The highest BCUT2D eigenvalue weighted by Crippen LogP contribution is 2.26. The Morgan fingerprint density at radius 2 is 1.79 bits per heavy atom. The van der Waals surface area contributed by atoms with Gasteiger partial charge >= 0.3 is 0 Å². The molecule has 76 valence electrons. The first-order valence-corrected chi connectivity index (χ1v) is 5.22. The molecule has 1 heterocycles. The van der Waals surface area contributed by atoms with Crippen LogP contribution in [0.5, 0.6) is 0 Å².